The van der Waals surface area contributed by atoms with Crippen molar-refractivity contribution in [1.29, 1.82) is 0 Å². The number of thiophene rings is 1. The van der Waals surface area contributed by atoms with Gasteiger partial charge in [0.05, 0.1) is 11.4 Å². The lowest BCUT2D eigenvalue weighted by molar-refractivity contribution is 1.28. The summed E-state index contributed by atoms with van der Waals surface area (Å²) in [5.41, 5.74) is 12.9. The molecular formula is C52H35NS. The second-order valence-corrected chi connectivity index (χ2v) is 14.7. The van der Waals surface area contributed by atoms with Gasteiger partial charge < -0.3 is 4.90 Å². The van der Waals surface area contributed by atoms with Crippen LogP contribution in [0.25, 0.3) is 75.5 Å². The highest BCUT2D eigenvalue weighted by Gasteiger charge is 2.22. The SMILES string of the molecule is c1ccc(-c2ccc(N(c3ccccc3-c3ccc4sc5ccccc5c4c3)c3ccccc3-c3ccccc3-c3cccc4ccccc34)cc2)cc1. The highest BCUT2D eigenvalue weighted by Crippen LogP contribution is 2.48. The molecule has 10 rings (SSSR count). The van der Waals surface area contributed by atoms with Crippen molar-refractivity contribution in [3.05, 3.63) is 212 Å². The van der Waals surface area contributed by atoms with Crippen LogP contribution in [-0.4, -0.2) is 0 Å². The van der Waals surface area contributed by atoms with Crippen molar-refractivity contribution in [3.63, 3.8) is 0 Å². The molecule has 254 valence electrons. The summed E-state index contributed by atoms with van der Waals surface area (Å²) in [7, 11) is 0. The predicted octanol–water partition coefficient (Wildman–Crippen LogP) is 15.3. The first-order valence-corrected chi connectivity index (χ1v) is 19.2. The van der Waals surface area contributed by atoms with E-state index in [4.69, 9.17) is 0 Å². The van der Waals surface area contributed by atoms with Crippen LogP contribution in [-0.2, 0) is 0 Å². The molecule has 0 radical (unpaired) electrons. The topological polar surface area (TPSA) is 3.24 Å². The van der Waals surface area contributed by atoms with Crippen LogP contribution < -0.4 is 4.90 Å². The van der Waals surface area contributed by atoms with E-state index in [0.717, 1.165) is 17.1 Å². The van der Waals surface area contributed by atoms with Crippen LogP contribution in [0.2, 0.25) is 0 Å². The fourth-order valence-corrected chi connectivity index (χ4v) is 9.04. The van der Waals surface area contributed by atoms with Gasteiger partial charge in [0, 0.05) is 37.0 Å². The first-order valence-electron chi connectivity index (χ1n) is 18.4. The molecule has 0 atom stereocenters. The summed E-state index contributed by atoms with van der Waals surface area (Å²) >= 11 is 1.86. The first kappa shape index (κ1) is 32.0. The molecule has 0 saturated carbocycles. The Kier molecular flexibility index (Phi) is 8.09. The largest absolute Gasteiger partial charge is 0.309 e. The smallest absolute Gasteiger partial charge is 0.0540 e. The molecule has 1 heterocycles. The average Bonchev–Trinajstić information content (AvgIpc) is 3.63. The van der Waals surface area contributed by atoms with Crippen LogP contribution in [0.1, 0.15) is 0 Å². The molecule has 9 aromatic carbocycles. The molecule has 54 heavy (non-hydrogen) atoms. The Morgan fingerprint density at radius 1 is 0.296 bits per heavy atom. The minimum Gasteiger partial charge on any atom is -0.309 e. The van der Waals surface area contributed by atoms with Gasteiger partial charge in [0.15, 0.2) is 0 Å². The quantitative estimate of drug-likeness (QED) is 0.160. The zero-order chi connectivity index (χ0) is 35.8. The molecule has 0 bridgehead atoms. The van der Waals surface area contributed by atoms with Crippen LogP contribution in [0.5, 0.6) is 0 Å². The number of para-hydroxylation sites is 2. The number of fused-ring (bicyclic) bond motifs is 4. The third-order valence-corrected chi connectivity index (χ3v) is 11.7. The molecule has 1 aromatic heterocycles. The van der Waals surface area contributed by atoms with Gasteiger partial charge in [0.25, 0.3) is 0 Å². The zero-order valence-electron chi connectivity index (χ0n) is 29.6. The molecule has 2 heteroatoms. The Bertz CT molecular complexity index is 2930. The van der Waals surface area contributed by atoms with Gasteiger partial charge in [-0.15, -0.1) is 11.3 Å². The van der Waals surface area contributed by atoms with Crippen molar-refractivity contribution in [2.75, 3.05) is 4.90 Å². The average molecular weight is 706 g/mol. The monoisotopic (exact) mass is 705 g/mol. The summed E-state index contributed by atoms with van der Waals surface area (Å²) in [5.74, 6) is 0. The number of anilines is 3. The van der Waals surface area contributed by atoms with Crippen molar-refractivity contribution < 1.29 is 0 Å². The van der Waals surface area contributed by atoms with Gasteiger partial charge in [-0.3, -0.25) is 0 Å². The molecule has 0 aliphatic carbocycles. The van der Waals surface area contributed by atoms with Crippen molar-refractivity contribution in [3.8, 4) is 44.5 Å². The molecule has 0 spiro atoms. The number of hydrogen-bond acceptors (Lipinski definition) is 2. The van der Waals surface area contributed by atoms with Crippen LogP contribution in [0.3, 0.4) is 0 Å². The Morgan fingerprint density at radius 2 is 0.815 bits per heavy atom. The van der Waals surface area contributed by atoms with Crippen LogP contribution in [0, 0.1) is 0 Å². The summed E-state index contributed by atoms with van der Waals surface area (Å²) in [4.78, 5) is 2.45. The van der Waals surface area contributed by atoms with Crippen LogP contribution >= 0.6 is 11.3 Å². The van der Waals surface area contributed by atoms with Gasteiger partial charge >= 0.3 is 0 Å². The van der Waals surface area contributed by atoms with Crippen molar-refractivity contribution >= 4 is 59.3 Å². The molecule has 0 amide bonds. The van der Waals surface area contributed by atoms with Gasteiger partial charge in [-0.05, 0) is 86.6 Å². The summed E-state index contributed by atoms with van der Waals surface area (Å²) in [6.07, 6.45) is 0. The van der Waals surface area contributed by atoms with E-state index in [1.165, 1.54) is 75.5 Å². The van der Waals surface area contributed by atoms with Gasteiger partial charge in [-0.25, -0.2) is 0 Å². The van der Waals surface area contributed by atoms with E-state index in [-0.39, 0.29) is 0 Å². The normalized spacial score (nSPS) is 11.3. The standard InChI is InChI=1S/C52H35NS/c1-2-15-36(16-3-1)37-29-32-40(33-30-37)53(49-26-11-8-20-42(49)39-31-34-52-48(35-39)47-24-10-13-28-51(47)54-52)50-27-12-9-23-46(50)45-22-7-6-21-44(45)43-25-14-18-38-17-4-5-19-41(38)43/h1-35H. The third kappa shape index (κ3) is 5.65. The number of rotatable bonds is 7. The molecule has 1 nitrogen and oxygen atoms in total. The van der Waals surface area contributed by atoms with E-state index in [2.05, 4.69) is 217 Å². The van der Waals surface area contributed by atoms with Gasteiger partial charge in [0.1, 0.15) is 0 Å². The second-order valence-electron chi connectivity index (χ2n) is 13.7. The lowest BCUT2D eigenvalue weighted by Gasteiger charge is -2.30. The Balaban J connectivity index is 1.19. The fraction of sp³-hybridized carbons (Fsp3) is 0. The molecule has 0 saturated heterocycles. The van der Waals surface area contributed by atoms with Crippen LogP contribution in [0.15, 0.2) is 212 Å². The zero-order valence-corrected chi connectivity index (χ0v) is 30.4. The maximum Gasteiger partial charge on any atom is 0.0540 e. The van der Waals surface area contributed by atoms with Crippen molar-refractivity contribution in [2.24, 2.45) is 0 Å². The highest BCUT2D eigenvalue weighted by atomic mass is 32.1. The third-order valence-electron chi connectivity index (χ3n) is 10.5. The van der Waals surface area contributed by atoms with E-state index in [1.807, 2.05) is 11.3 Å². The fourth-order valence-electron chi connectivity index (χ4n) is 7.96. The molecule has 0 unspecified atom stereocenters. The van der Waals surface area contributed by atoms with E-state index >= 15 is 0 Å². The summed E-state index contributed by atoms with van der Waals surface area (Å²) in [6.45, 7) is 0. The minimum atomic E-state index is 1.10. The molecule has 0 fully saturated rings. The molecule has 0 N–H and O–H groups in total. The first-order chi connectivity index (χ1) is 26.8. The van der Waals surface area contributed by atoms with Crippen molar-refractivity contribution in [1.82, 2.24) is 0 Å². The molecule has 10 aromatic rings. The van der Waals surface area contributed by atoms with Gasteiger partial charge in [0.2, 0.25) is 0 Å². The molecule has 0 aliphatic rings. The Morgan fingerprint density at radius 3 is 1.61 bits per heavy atom. The Hall–Kier alpha value is -6.74. The van der Waals surface area contributed by atoms with Gasteiger partial charge in [-0.1, -0.05) is 170 Å². The lowest BCUT2D eigenvalue weighted by atomic mass is 9.90. The van der Waals surface area contributed by atoms with E-state index < -0.39 is 0 Å². The van der Waals surface area contributed by atoms with Crippen molar-refractivity contribution in [2.45, 2.75) is 0 Å². The Labute approximate surface area is 319 Å². The van der Waals surface area contributed by atoms with E-state index in [0.29, 0.717) is 0 Å². The van der Waals surface area contributed by atoms with E-state index in [1.54, 1.807) is 0 Å². The number of hydrogen-bond donors (Lipinski definition) is 0. The summed E-state index contributed by atoms with van der Waals surface area (Å²) in [6, 6.07) is 77.2. The number of nitrogens with zero attached hydrogens (tertiary/aromatic N) is 1. The predicted molar refractivity (Wildman–Crippen MR) is 233 cm³/mol. The maximum absolute atomic E-state index is 2.45. The maximum atomic E-state index is 2.45. The highest BCUT2D eigenvalue weighted by molar-refractivity contribution is 7.25. The molecular weight excluding hydrogens is 671 g/mol. The molecule has 0 aliphatic heterocycles. The minimum absolute atomic E-state index is 1.10. The summed E-state index contributed by atoms with van der Waals surface area (Å²) < 4.78 is 2.62. The van der Waals surface area contributed by atoms with Crippen LogP contribution in [0.4, 0.5) is 17.1 Å². The van der Waals surface area contributed by atoms with Gasteiger partial charge in [-0.2, -0.15) is 0 Å². The number of benzene rings is 9. The summed E-state index contributed by atoms with van der Waals surface area (Å²) in [5, 5.41) is 5.09. The lowest BCUT2D eigenvalue weighted by Crippen LogP contribution is -2.12. The van der Waals surface area contributed by atoms with E-state index in [9.17, 15) is 0 Å². The second kappa shape index (κ2) is 13.7.